The van der Waals surface area contributed by atoms with Gasteiger partial charge in [-0.15, -0.1) is 0 Å². The van der Waals surface area contributed by atoms with Crippen molar-refractivity contribution in [2.75, 3.05) is 5.32 Å². The smallest absolute Gasteiger partial charge is 0.297 e. The molecule has 1 N–H and O–H groups in total. The summed E-state index contributed by atoms with van der Waals surface area (Å²) in [5, 5.41) is 7.17. The zero-order chi connectivity index (χ0) is 17.5. The summed E-state index contributed by atoms with van der Waals surface area (Å²) in [5.41, 5.74) is 2.81. The zero-order valence-electron chi connectivity index (χ0n) is 13.2. The maximum atomic E-state index is 12.0. The van der Waals surface area contributed by atoms with Gasteiger partial charge in [-0.2, -0.15) is 0 Å². The number of carbonyl (C=O) groups excluding carboxylic acids is 1. The Labute approximate surface area is 150 Å². The van der Waals surface area contributed by atoms with E-state index in [2.05, 4.69) is 10.5 Å². The lowest BCUT2D eigenvalue weighted by Gasteiger charge is -2.07. The number of hydrogen-bond donors (Lipinski definition) is 1. The maximum Gasteiger partial charge on any atom is 0.437 e. The molecule has 0 saturated heterocycles. The molecule has 0 saturated carbocycles. The quantitative estimate of drug-likeness (QED) is 0.392. The van der Waals surface area contributed by atoms with Crippen molar-refractivity contribution < 1.29 is 9.63 Å². The number of halogens is 1. The van der Waals surface area contributed by atoms with Gasteiger partial charge in [0.15, 0.2) is 0 Å². The van der Waals surface area contributed by atoms with E-state index in [1.807, 2.05) is 60.7 Å². The van der Waals surface area contributed by atoms with Gasteiger partial charge < -0.3 is 0 Å². The molecule has 0 atom stereocenters. The van der Waals surface area contributed by atoms with Crippen molar-refractivity contribution in [3.05, 3.63) is 101 Å². The molecule has 0 aliphatic rings. The van der Waals surface area contributed by atoms with Crippen molar-refractivity contribution >= 4 is 29.1 Å². The minimum absolute atomic E-state index is 0.524. The highest BCUT2D eigenvalue weighted by molar-refractivity contribution is 6.30. The lowest BCUT2D eigenvalue weighted by molar-refractivity contribution is 0.166. The molecule has 1 amide bonds. The van der Waals surface area contributed by atoms with E-state index in [0.717, 1.165) is 11.1 Å². The van der Waals surface area contributed by atoms with Crippen molar-refractivity contribution in [3.63, 3.8) is 0 Å². The molecular formula is C20H15ClN2O2. The third-order valence-corrected chi connectivity index (χ3v) is 3.62. The van der Waals surface area contributed by atoms with E-state index in [9.17, 15) is 4.79 Å². The molecule has 0 unspecified atom stereocenters. The summed E-state index contributed by atoms with van der Waals surface area (Å²) < 4.78 is 0. The predicted octanol–water partition coefficient (Wildman–Crippen LogP) is 5.34. The number of carbonyl (C=O) groups is 1. The van der Waals surface area contributed by atoms with Crippen LogP contribution >= 0.6 is 11.6 Å². The summed E-state index contributed by atoms with van der Waals surface area (Å²) in [7, 11) is 0. The summed E-state index contributed by atoms with van der Waals surface area (Å²) >= 11 is 5.90. The number of hydrogen-bond acceptors (Lipinski definition) is 3. The molecule has 0 spiro atoms. The van der Waals surface area contributed by atoms with Crippen molar-refractivity contribution in [1.82, 2.24) is 0 Å². The Morgan fingerprint density at radius 1 is 0.840 bits per heavy atom. The van der Waals surface area contributed by atoms with Gasteiger partial charge in [0.05, 0.1) is 0 Å². The number of anilines is 1. The van der Waals surface area contributed by atoms with E-state index < -0.39 is 6.09 Å². The lowest BCUT2D eigenvalue weighted by atomic mass is 10.0. The molecule has 3 rings (SSSR count). The Balaban J connectivity index is 1.80. The van der Waals surface area contributed by atoms with Crippen molar-refractivity contribution in [2.45, 2.75) is 0 Å². The van der Waals surface area contributed by atoms with Crippen molar-refractivity contribution in [3.8, 4) is 0 Å². The second kappa shape index (κ2) is 8.13. The molecule has 124 valence electrons. The van der Waals surface area contributed by atoms with Gasteiger partial charge >= 0.3 is 6.09 Å². The minimum Gasteiger partial charge on any atom is -0.297 e. The van der Waals surface area contributed by atoms with Crippen LogP contribution < -0.4 is 5.32 Å². The van der Waals surface area contributed by atoms with Gasteiger partial charge in [0.1, 0.15) is 5.71 Å². The van der Waals surface area contributed by atoms with E-state index in [1.54, 1.807) is 24.3 Å². The first-order valence-electron chi connectivity index (χ1n) is 7.65. The Bertz CT molecular complexity index is 839. The Hall–Kier alpha value is -3.11. The molecule has 25 heavy (non-hydrogen) atoms. The fraction of sp³-hybridized carbons (Fsp3) is 0. The molecule has 0 aliphatic heterocycles. The highest BCUT2D eigenvalue weighted by Gasteiger charge is 2.09. The topological polar surface area (TPSA) is 50.7 Å². The SMILES string of the molecule is O=C(Nc1cccc(Cl)c1)ON=C(c1ccccc1)c1ccccc1. The molecule has 0 aliphatic carbocycles. The highest BCUT2D eigenvalue weighted by atomic mass is 35.5. The number of nitrogens with zero attached hydrogens (tertiary/aromatic N) is 1. The molecule has 4 nitrogen and oxygen atoms in total. The van der Waals surface area contributed by atoms with Gasteiger partial charge in [-0.1, -0.05) is 83.5 Å². The molecule has 3 aromatic carbocycles. The zero-order valence-corrected chi connectivity index (χ0v) is 14.0. The standard InChI is InChI=1S/C20H15ClN2O2/c21-17-12-7-13-18(14-17)22-20(24)25-23-19(15-8-3-1-4-9-15)16-10-5-2-6-11-16/h1-14H,(H,22,24). The number of amides is 1. The fourth-order valence-electron chi connectivity index (χ4n) is 2.26. The fourth-order valence-corrected chi connectivity index (χ4v) is 2.45. The summed E-state index contributed by atoms with van der Waals surface area (Å²) in [4.78, 5) is 17.1. The minimum atomic E-state index is -0.688. The van der Waals surface area contributed by atoms with Crippen LogP contribution in [0.15, 0.2) is 90.1 Å². The van der Waals surface area contributed by atoms with Crippen LogP contribution in [0.25, 0.3) is 0 Å². The third-order valence-electron chi connectivity index (χ3n) is 3.39. The molecule has 0 aromatic heterocycles. The maximum absolute atomic E-state index is 12.0. The van der Waals surface area contributed by atoms with Gasteiger partial charge in [-0.3, -0.25) is 10.2 Å². The van der Waals surface area contributed by atoms with Gasteiger partial charge in [0, 0.05) is 21.8 Å². The van der Waals surface area contributed by atoms with Crippen LogP contribution in [-0.2, 0) is 4.84 Å². The molecule has 3 aromatic rings. The Morgan fingerprint density at radius 2 is 1.44 bits per heavy atom. The Kier molecular flexibility index (Phi) is 5.44. The molecule has 0 fully saturated rings. The lowest BCUT2D eigenvalue weighted by Crippen LogP contribution is -2.13. The predicted molar refractivity (Wildman–Crippen MR) is 100 cm³/mol. The molecule has 0 heterocycles. The molecular weight excluding hydrogens is 336 g/mol. The average molecular weight is 351 g/mol. The number of benzene rings is 3. The Morgan fingerprint density at radius 3 is 2.00 bits per heavy atom. The summed E-state index contributed by atoms with van der Waals surface area (Å²) in [6, 6.07) is 25.9. The summed E-state index contributed by atoms with van der Waals surface area (Å²) in [6.07, 6.45) is -0.688. The molecule has 5 heteroatoms. The van der Waals surface area contributed by atoms with E-state index in [1.165, 1.54) is 0 Å². The summed E-state index contributed by atoms with van der Waals surface area (Å²) in [5.74, 6) is 0. The van der Waals surface area contributed by atoms with E-state index in [-0.39, 0.29) is 0 Å². The van der Waals surface area contributed by atoms with Crippen LogP contribution in [0.3, 0.4) is 0 Å². The van der Waals surface area contributed by atoms with E-state index in [0.29, 0.717) is 16.4 Å². The monoisotopic (exact) mass is 350 g/mol. The first-order valence-corrected chi connectivity index (χ1v) is 8.02. The third kappa shape index (κ3) is 4.68. The van der Waals surface area contributed by atoms with Gasteiger partial charge in [0.2, 0.25) is 0 Å². The molecule has 0 bridgehead atoms. The van der Waals surface area contributed by atoms with Crippen LogP contribution in [0, 0.1) is 0 Å². The summed E-state index contributed by atoms with van der Waals surface area (Å²) in [6.45, 7) is 0. The largest absolute Gasteiger partial charge is 0.437 e. The van der Waals surface area contributed by atoms with E-state index >= 15 is 0 Å². The second-order valence-electron chi connectivity index (χ2n) is 5.19. The van der Waals surface area contributed by atoms with Crippen LogP contribution in [-0.4, -0.2) is 11.8 Å². The highest BCUT2D eigenvalue weighted by Crippen LogP contribution is 2.15. The van der Waals surface area contributed by atoms with Crippen LogP contribution in [0.4, 0.5) is 10.5 Å². The van der Waals surface area contributed by atoms with Crippen LogP contribution in [0.1, 0.15) is 11.1 Å². The van der Waals surface area contributed by atoms with Crippen molar-refractivity contribution in [2.24, 2.45) is 5.16 Å². The van der Waals surface area contributed by atoms with Gasteiger partial charge in [-0.05, 0) is 18.2 Å². The molecule has 0 radical (unpaired) electrons. The van der Waals surface area contributed by atoms with Crippen LogP contribution in [0.2, 0.25) is 5.02 Å². The normalized spacial score (nSPS) is 9.96. The number of rotatable bonds is 4. The first-order chi connectivity index (χ1) is 12.2. The average Bonchev–Trinajstić information content (AvgIpc) is 2.64. The van der Waals surface area contributed by atoms with Crippen molar-refractivity contribution in [1.29, 1.82) is 0 Å². The number of nitrogens with one attached hydrogen (secondary N) is 1. The number of oxime groups is 1. The van der Waals surface area contributed by atoms with Gasteiger partial charge in [0.25, 0.3) is 0 Å². The second-order valence-corrected chi connectivity index (χ2v) is 5.62. The van der Waals surface area contributed by atoms with Crippen LogP contribution in [0.5, 0.6) is 0 Å². The van der Waals surface area contributed by atoms with Gasteiger partial charge in [-0.25, -0.2) is 4.79 Å². The van der Waals surface area contributed by atoms with E-state index in [4.69, 9.17) is 16.4 Å². The first kappa shape index (κ1) is 16.7.